The molecule has 1 nitrogen and oxygen atoms in total. The van der Waals surface area contributed by atoms with E-state index in [9.17, 15) is 0 Å². The van der Waals surface area contributed by atoms with Gasteiger partial charge in [-0.1, -0.05) is 48.5 Å². The molecular formula is C21H23BrNP. The third kappa shape index (κ3) is 3.41. The molecule has 0 N–H and O–H groups in total. The Labute approximate surface area is 156 Å². The van der Waals surface area contributed by atoms with Crippen molar-refractivity contribution in [3.63, 3.8) is 0 Å². The summed E-state index contributed by atoms with van der Waals surface area (Å²) in [7, 11) is 2.59. The number of hydrogen-bond donors (Lipinski definition) is 0. The Hall–Kier alpha value is -1.63. The van der Waals surface area contributed by atoms with Crippen molar-refractivity contribution >= 4 is 28.9 Å². The van der Waals surface area contributed by atoms with Crippen LogP contribution in [0.25, 0.3) is 0 Å². The van der Waals surface area contributed by atoms with E-state index >= 15 is 0 Å². The molecule has 0 aliphatic heterocycles. The maximum atomic E-state index is 2.43. The minimum absolute atomic E-state index is 0. The van der Waals surface area contributed by atoms with E-state index in [1.807, 2.05) is 0 Å². The smallest absolute Gasteiger partial charge is 0.127 e. The molecule has 0 saturated heterocycles. The van der Waals surface area contributed by atoms with Crippen molar-refractivity contribution in [3.8, 4) is 0 Å². The number of benzene rings is 3. The fourth-order valence-electron chi connectivity index (χ4n) is 3.10. The lowest BCUT2D eigenvalue weighted by molar-refractivity contribution is -0.00000460. The Bertz CT molecular complexity index is 733. The predicted molar refractivity (Wildman–Crippen MR) is 105 cm³/mol. The van der Waals surface area contributed by atoms with Crippen molar-refractivity contribution in [1.29, 1.82) is 0 Å². The lowest BCUT2D eigenvalue weighted by Gasteiger charge is -2.27. The van der Waals surface area contributed by atoms with E-state index in [2.05, 4.69) is 111 Å². The van der Waals surface area contributed by atoms with Crippen LogP contribution in [-0.2, 0) is 0 Å². The number of nitrogens with zero attached hydrogens (tertiary/aromatic N) is 1. The Morgan fingerprint density at radius 2 is 1.04 bits per heavy atom. The highest BCUT2D eigenvalue weighted by atomic mass is 79.9. The van der Waals surface area contributed by atoms with Crippen LogP contribution >= 0.6 is 7.26 Å². The first-order valence-corrected chi connectivity index (χ1v) is 10.1. The highest BCUT2D eigenvalue weighted by Crippen LogP contribution is 2.53. The fraction of sp³-hybridized carbons (Fsp3) is 0.143. The molecule has 0 aromatic heterocycles. The first-order chi connectivity index (χ1) is 11.1. The second kappa shape index (κ2) is 7.96. The summed E-state index contributed by atoms with van der Waals surface area (Å²) in [5.74, 6) is 0. The van der Waals surface area contributed by atoms with Gasteiger partial charge in [-0.3, -0.25) is 0 Å². The van der Waals surface area contributed by atoms with Crippen LogP contribution in [0, 0.1) is 0 Å². The molecule has 0 aliphatic carbocycles. The number of hydrogen-bond acceptors (Lipinski definition) is 1. The van der Waals surface area contributed by atoms with Crippen LogP contribution in [0.2, 0.25) is 0 Å². The molecule has 0 aliphatic rings. The van der Waals surface area contributed by atoms with E-state index in [0.29, 0.717) is 0 Å². The van der Waals surface area contributed by atoms with Crippen molar-refractivity contribution in [2.24, 2.45) is 0 Å². The highest BCUT2D eigenvalue weighted by molar-refractivity contribution is 7.95. The predicted octanol–water partition coefficient (Wildman–Crippen LogP) is 0.680. The van der Waals surface area contributed by atoms with Gasteiger partial charge >= 0.3 is 0 Å². The molecule has 0 unspecified atom stereocenters. The van der Waals surface area contributed by atoms with Crippen LogP contribution in [0.1, 0.15) is 0 Å². The highest BCUT2D eigenvalue weighted by Gasteiger charge is 2.42. The van der Waals surface area contributed by atoms with Gasteiger partial charge in [-0.25, -0.2) is 0 Å². The SMILES string of the molecule is CN(C)c1ccccc1[P+](C)(c1ccccc1)c1ccccc1.[Br-]. The zero-order chi connectivity index (χ0) is 16.3. The van der Waals surface area contributed by atoms with Gasteiger partial charge in [-0.15, -0.1) is 0 Å². The Morgan fingerprint density at radius 3 is 1.50 bits per heavy atom. The normalized spacial score (nSPS) is 10.8. The molecule has 3 heteroatoms. The summed E-state index contributed by atoms with van der Waals surface area (Å²) >= 11 is 0. The van der Waals surface area contributed by atoms with Crippen LogP contribution < -0.4 is 37.8 Å². The van der Waals surface area contributed by atoms with E-state index in [0.717, 1.165) is 0 Å². The molecule has 0 atom stereocenters. The van der Waals surface area contributed by atoms with Crippen molar-refractivity contribution in [1.82, 2.24) is 0 Å². The molecule has 124 valence electrons. The van der Waals surface area contributed by atoms with Crippen molar-refractivity contribution in [3.05, 3.63) is 84.9 Å². The number of halogens is 1. The number of para-hydroxylation sites is 1. The van der Waals surface area contributed by atoms with Crippen LogP contribution in [-0.4, -0.2) is 20.8 Å². The monoisotopic (exact) mass is 399 g/mol. The minimum Gasteiger partial charge on any atom is -1.00 e. The first-order valence-electron chi connectivity index (χ1n) is 7.88. The zero-order valence-electron chi connectivity index (χ0n) is 14.4. The first kappa shape index (κ1) is 18.7. The maximum Gasteiger partial charge on any atom is 0.127 e. The Morgan fingerprint density at radius 1 is 0.625 bits per heavy atom. The lowest BCUT2D eigenvalue weighted by atomic mass is 10.3. The van der Waals surface area contributed by atoms with Gasteiger partial charge in [0.15, 0.2) is 0 Å². The molecule has 3 aromatic carbocycles. The van der Waals surface area contributed by atoms with E-state index in [-0.39, 0.29) is 17.0 Å². The molecule has 0 spiro atoms. The molecule has 24 heavy (non-hydrogen) atoms. The van der Waals surface area contributed by atoms with Crippen molar-refractivity contribution < 1.29 is 17.0 Å². The third-order valence-corrected chi connectivity index (χ3v) is 8.39. The molecule has 0 saturated carbocycles. The lowest BCUT2D eigenvalue weighted by Crippen LogP contribution is -3.00. The Kier molecular flexibility index (Phi) is 6.21. The molecule has 3 aromatic rings. The van der Waals surface area contributed by atoms with Gasteiger partial charge in [0.1, 0.15) is 23.2 Å². The van der Waals surface area contributed by atoms with Gasteiger partial charge in [0.2, 0.25) is 0 Å². The van der Waals surface area contributed by atoms with Crippen LogP contribution in [0.5, 0.6) is 0 Å². The minimum atomic E-state index is -1.66. The summed E-state index contributed by atoms with van der Waals surface area (Å²) in [6.07, 6.45) is 0. The second-order valence-corrected chi connectivity index (χ2v) is 9.59. The largest absolute Gasteiger partial charge is 1.00 e. The molecule has 0 bridgehead atoms. The van der Waals surface area contributed by atoms with Gasteiger partial charge in [0.25, 0.3) is 0 Å². The summed E-state index contributed by atoms with van der Waals surface area (Å²) < 4.78 is 0. The number of rotatable bonds is 4. The van der Waals surface area contributed by atoms with E-state index in [1.165, 1.54) is 21.6 Å². The quantitative estimate of drug-likeness (QED) is 0.583. The van der Waals surface area contributed by atoms with Gasteiger partial charge in [-0.05, 0) is 36.4 Å². The van der Waals surface area contributed by atoms with Gasteiger partial charge in [-0.2, -0.15) is 0 Å². The number of anilines is 1. The molecule has 0 amide bonds. The summed E-state index contributed by atoms with van der Waals surface area (Å²) in [6, 6.07) is 30.7. The summed E-state index contributed by atoms with van der Waals surface area (Å²) in [4.78, 5) is 2.22. The average molecular weight is 400 g/mol. The molecular weight excluding hydrogens is 377 g/mol. The van der Waals surface area contributed by atoms with Crippen molar-refractivity contribution in [2.45, 2.75) is 0 Å². The molecule has 0 heterocycles. The summed E-state index contributed by atoms with van der Waals surface area (Å²) in [5.41, 5.74) is 1.30. The van der Waals surface area contributed by atoms with E-state index in [4.69, 9.17) is 0 Å². The zero-order valence-corrected chi connectivity index (χ0v) is 16.8. The standard InChI is InChI=1S/C21H23NP.BrH/c1-22(2)20-16-10-11-17-21(20)23(3,18-12-6-4-7-13-18)19-14-8-5-9-15-19;/h4-17H,1-3H3;1H/q+1;/p-1. The van der Waals surface area contributed by atoms with Gasteiger partial charge < -0.3 is 21.9 Å². The van der Waals surface area contributed by atoms with Gasteiger partial charge in [0.05, 0.1) is 12.4 Å². The molecule has 3 rings (SSSR count). The second-order valence-electron chi connectivity index (χ2n) is 6.06. The molecule has 0 radical (unpaired) electrons. The van der Waals surface area contributed by atoms with Crippen LogP contribution in [0.15, 0.2) is 84.9 Å². The van der Waals surface area contributed by atoms with Gasteiger partial charge in [0, 0.05) is 14.1 Å². The topological polar surface area (TPSA) is 3.24 Å². The summed E-state index contributed by atoms with van der Waals surface area (Å²) in [6.45, 7) is 2.43. The summed E-state index contributed by atoms with van der Waals surface area (Å²) in [5, 5.41) is 4.27. The van der Waals surface area contributed by atoms with Crippen molar-refractivity contribution in [2.75, 3.05) is 25.7 Å². The molecule has 0 fully saturated rings. The average Bonchev–Trinajstić information content (AvgIpc) is 2.62. The van der Waals surface area contributed by atoms with Crippen LogP contribution in [0.4, 0.5) is 5.69 Å². The maximum absolute atomic E-state index is 2.43. The van der Waals surface area contributed by atoms with E-state index < -0.39 is 7.26 Å². The third-order valence-electron chi connectivity index (χ3n) is 4.39. The fourth-order valence-corrected chi connectivity index (χ4v) is 6.61. The Balaban J connectivity index is 0.00000208. The van der Waals surface area contributed by atoms with E-state index in [1.54, 1.807) is 0 Å². The van der Waals surface area contributed by atoms with Crippen LogP contribution in [0.3, 0.4) is 0 Å².